The van der Waals surface area contributed by atoms with Crippen LogP contribution in [0.5, 0.6) is 0 Å². The third-order valence-corrected chi connectivity index (χ3v) is 4.29. The van der Waals surface area contributed by atoms with Gasteiger partial charge in [-0.1, -0.05) is 24.3 Å². The second-order valence-corrected chi connectivity index (χ2v) is 6.59. The van der Waals surface area contributed by atoms with Crippen LogP contribution in [-0.2, 0) is 0 Å². The zero-order valence-corrected chi connectivity index (χ0v) is 15.0. The summed E-state index contributed by atoms with van der Waals surface area (Å²) in [7, 11) is 4.00. The number of thiocarbonyl (C=S) groups is 1. The molecule has 2 aromatic rings. The SMILES string of the molecule is CN(C)CCCNC(=S)NN1C(=O)c2cccc3cccc(c23)C1=O. The van der Waals surface area contributed by atoms with Gasteiger partial charge in [-0.3, -0.25) is 15.0 Å². The molecule has 0 bridgehead atoms. The summed E-state index contributed by atoms with van der Waals surface area (Å²) in [6.07, 6.45) is 0.902. The second-order valence-electron chi connectivity index (χ2n) is 6.18. The minimum absolute atomic E-state index is 0.256. The van der Waals surface area contributed by atoms with Gasteiger partial charge in [0.1, 0.15) is 0 Å². The number of imide groups is 1. The Hall–Kier alpha value is -2.51. The van der Waals surface area contributed by atoms with Gasteiger partial charge in [-0.15, -0.1) is 0 Å². The Morgan fingerprint density at radius 2 is 1.68 bits per heavy atom. The molecule has 0 radical (unpaired) electrons. The molecule has 25 heavy (non-hydrogen) atoms. The van der Waals surface area contributed by atoms with Crippen LogP contribution in [0.15, 0.2) is 36.4 Å². The van der Waals surface area contributed by atoms with Gasteiger partial charge in [0.25, 0.3) is 11.8 Å². The smallest absolute Gasteiger partial charge is 0.280 e. The summed E-state index contributed by atoms with van der Waals surface area (Å²) in [5, 5.41) is 5.84. The van der Waals surface area contributed by atoms with E-state index in [-0.39, 0.29) is 5.11 Å². The molecular formula is C18H20N4O2S. The Morgan fingerprint density at radius 1 is 1.08 bits per heavy atom. The third-order valence-electron chi connectivity index (χ3n) is 4.05. The molecule has 2 N–H and O–H groups in total. The Kier molecular flexibility index (Phi) is 4.96. The molecule has 0 unspecified atom stereocenters. The van der Waals surface area contributed by atoms with E-state index in [2.05, 4.69) is 15.6 Å². The Bertz CT molecular complexity index is 799. The zero-order chi connectivity index (χ0) is 18.0. The quantitative estimate of drug-likeness (QED) is 0.484. The lowest BCUT2D eigenvalue weighted by Crippen LogP contribution is -2.54. The number of hydrogen-bond acceptors (Lipinski definition) is 4. The van der Waals surface area contributed by atoms with Crippen LogP contribution in [0.1, 0.15) is 27.1 Å². The molecule has 1 aliphatic heterocycles. The van der Waals surface area contributed by atoms with Crippen molar-refractivity contribution in [3.8, 4) is 0 Å². The average molecular weight is 356 g/mol. The number of nitrogens with one attached hydrogen (secondary N) is 2. The lowest BCUT2D eigenvalue weighted by Gasteiger charge is -2.28. The molecule has 2 aromatic carbocycles. The maximum atomic E-state index is 12.7. The first kappa shape index (κ1) is 17.3. The predicted molar refractivity (Wildman–Crippen MR) is 101 cm³/mol. The van der Waals surface area contributed by atoms with Crippen molar-refractivity contribution < 1.29 is 9.59 Å². The number of hydrogen-bond donors (Lipinski definition) is 2. The van der Waals surface area contributed by atoms with Crippen LogP contribution in [0.25, 0.3) is 10.8 Å². The Balaban J connectivity index is 1.75. The van der Waals surface area contributed by atoms with Crippen LogP contribution in [0.3, 0.4) is 0 Å². The maximum absolute atomic E-state index is 12.7. The van der Waals surface area contributed by atoms with Crippen LogP contribution < -0.4 is 10.7 Å². The lowest BCUT2D eigenvalue weighted by atomic mass is 9.95. The number of hydrazine groups is 1. The number of rotatable bonds is 5. The van der Waals surface area contributed by atoms with Crippen LogP contribution in [0.2, 0.25) is 0 Å². The third kappa shape index (κ3) is 3.47. The van der Waals surface area contributed by atoms with Crippen LogP contribution in [0, 0.1) is 0 Å². The van der Waals surface area contributed by atoms with Gasteiger partial charge in [0, 0.05) is 11.9 Å². The van der Waals surface area contributed by atoms with Gasteiger partial charge in [0.15, 0.2) is 5.11 Å². The van der Waals surface area contributed by atoms with Gasteiger partial charge in [0.05, 0.1) is 11.1 Å². The van der Waals surface area contributed by atoms with Crippen LogP contribution in [-0.4, -0.2) is 54.0 Å². The number of carbonyl (C=O) groups excluding carboxylic acids is 2. The molecule has 3 rings (SSSR count). The van der Waals surface area contributed by atoms with Crippen molar-refractivity contribution >= 4 is 39.9 Å². The molecular weight excluding hydrogens is 336 g/mol. The van der Waals surface area contributed by atoms with E-state index in [1.807, 2.05) is 38.4 Å². The van der Waals surface area contributed by atoms with E-state index < -0.39 is 11.8 Å². The first-order valence-corrected chi connectivity index (χ1v) is 8.49. The van der Waals surface area contributed by atoms with Crippen molar-refractivity contribution in [1.82, 2.24) is 20.7 Å². The van der Waals surface area contributed by atoms with Gasteiger partial charge in [-0.25, -0.2) is 0 Å². The van der Waals surface area contributed by atoms with Gasteiger partial charge < -0.3 is 10.2 Å². The van der Waals surface area contributed by atoms with E-state index in [4.69, 9.17) is 12.2 Å². The van der Waals surface area contributed by atoms with Crippen LogP contribution in [0.4, 0.5) is 0 Å². The van der Waals surface area contributed by atoms with Crippen molar-refractivity contribution in [2.75, 3.05) is 27.2 Å². The molecule has 0 fully saturated rings. The molecule has 0 saturated heterocycles. The summed E-state index contributed by atoms with van der Waals surface area (Å²) in [5.41, 5.74) is 3.72. The van der Waals surface area contributed by atoms with E-state index >= 15 is 0 Å². The van der Waals surface area contributed by atoms with E-state index in [9.17, 15) is 9.59 Å². The lowest BCUT2D eigenvalue weighted by molar-refractivity contribution is 0.0566. The standard InChI is InChI=1S/C18H20N4O2S/c1-21(2)11-5-10-19-18(25)20-22-16(23)13-8-3-6-12-7-4-9-14(15(12)13)17(22)24/h3-4,6-9H,5,10-11H2,1-2H3,(H2,19,20,25). The summed E-state index contributed by atoms with van der Waals surface area (Å²) in [4.78, 5) is 27.5. The highest BCUT2D eigenvalue weighted by molar-refractivity contribution is 7.80. The molecule has 0 spiro atoms. The molecule has 1 heterocycles. The highest BCUT2D eigenvalue weighted by Gasteiger charge is 2.33. The second kappa shape index (κ2) is 7.16. The summed E-state index contributed by atoms with van der Waals surface area (Å²) in [6.45, 7) is 1.58. The molecule has 130 valence electrons. The highest BCUT2D eigenvalue weighted by Crippen LogP contribution is 2.29. The zero-order valence-electron chi connectivity index (χ0n) is 14.2. The fourth-order valence-electron chi connectivity index (χ4n) is 2.87. The summed E-state index contributed by atoms with van der Waals surface area (Å²) < 4.78 is 0. The number of benzene rings is 2. The Labute approximate surface area is 151 Å². The largest absolute Gasteiger partial charge is 0.361 e. The van der Waals surface area contributed by atoms with Gasteiger partial charge in [0.2, 0.25) is 0 Å². The molecule has 0 saturated carbocycles. The minimum Gasteiger partial charge on any atom is -0.361 e. The molecule has 0 aromatic heterocycles. The molecule has 7 heteroatoms. The van der Waals surface area contributed by atoms with Crippen molar-refractivity contribution in [1.29, 1.82) is 0 Å². The molecule has 0 aliphatic carbocycles. The number of carbonyl (C=O) groups is 2. The molecule has 6 nitrogen and oxygen atoms in total. The molecule has 2 amide bonds. The van der Waals surface area contributed by atoms with Crippen molar-refractivity contribution in [2.45, 2.75) is 6.42 Å². The van der Waals surface area contributed by atoms with Crippen molar-refractivity contribution in [3.05, 3.63) is 47.5 Å². The monoisotopic (exact) mass is 356 g/mol. The Morgan fingerprint density at radius 3 is 2.24 bits per heavy atom. The van der Waals surface area contributed by atoms with Crippen LogP contribution >= 0.6 is 12.2 Å². The molecule has 1 aliphatic rings. The number of amides is 2. The minimum atomic E-state index is -0.397. The predicted octanol–water partition coefficient (Wildman–Crippen LogP) is 1.77. The average Bonchev–Trinajstić information content (AvgIpc) is 2.60. The van der Waals surface area contributed by atoms with E-state index in [0.717, 1.165) is 23.4 Å². The topological polar surface area (TPSA) is 64.7 Å². The maximum Gasteiger partial charge on any atom is 0.280 e. The van der Waals surface area contributed by atoms with Crippen molar-refractivity contribution in [2.24, 2.45) is 0 Å². The van der Waals surface area contributed by atoms with Gasteiger partial charge >= 0.3 is 0 Å². The molecule has 0 atom stereocenters. The fourth-order valence-corrected chi connectivity index (χ4v) is 3.06. The van der Waals surface area contributed by atoms with E-state index in [0.29, 0.717) is 23.1 Å². The fraction of sp³-hybridized carbons (Fsp3) is 0.278. The van der Waals surface area contributed by atoms with Gasteiger partial charge in [-0.05, 0) is 56.8 Å². The summed E-state index contributed by atoms with van der Waals surface area (Å²) in [6, 6.07) is 10.9. The summed E-state index contributed by atoms with van der Waals surface area (Å²) in [5.74, 6) is -0.793. The normalized spacial score (nSPS) is 13.5. The first-order chi connectivity index (χ1) is 12.0. The van der Waals surface area contributed by atoms with Gasteiger partial charge in [-0.2, -0.15) is 5.01 Å². The number of nitrogens with zero attached hydrogens (tertiary/aromatic N) is 2. The highest BCUT2D eigenvalue weighted by atomic mass is 32.1. The van der Waals surface area contributed by atoms with Crippen molar-refractivity contribution in [3.63, 3.8) is 0 Å². The van der Waals surface area contributed by atoms with E-state index in [1.54, 1.807) is 12.1 Å². The summed E-state index contributed by atoms with van der Waals surface area (Å²) >= 11 is 5.22. The van der Waals surface area contributed by atoms with E-state index in [1.165, 1.54) is 0 Å². The first-order valence-electron chi connectivity index (χ1n) is 8.09.